The monoisotopic (exact) mass is 321 g/mol. The Morgan fingerprint density at radius 3 is 2.83 bits per heavy atom. The van der Waals surface area contributed by atoms with Gasteiger partial charge in [-0.2, -0.15) is 0 Å². The van der Waals surface area contributed by atoms with Crippen molar-refractivity contribution < 1.29 is 9.53 Å². The van der Waals surface area contributed by atoms with Gasteiger partial charge in [-0.1, -0.05) is 12.1 Å². The lowest BCUT2D eigenvalue weighted by molar-refractivity contribution is 0.0765. The predicted molar refractivity (Wildman–Crippen MR) is 86.5 cm³/mol. The molecule has 0 bridgehead atoms. The van der Waals surface area contributed by atoms with Gasteiger partial charge < -0.3 is 9.64 Å². The number of hydrogen-bond donors (Lipinski definition) is 0. The minimum atomic E-state index is -0.126. The van der Waals surface area contributed by atoms with Gasteiger partial charge in [0.1, 0.15) is 11.8 Å². The molecule has 0 saturated carbocycles. The van der Waals surface area contributed by atoms with Crippen LogP contribution in [0.15, 0.2) is 49.1 Å². The third-order valence-corrected chi connectivity index (χ3v) is 3.93. The molecule has 0 spiro atoms. The van der Waals surface area contributed by atoms with Crippen molar-refractivity contribution in [3.63, 3.8) is 0 Å². The molecule has 1 aliphatic heterocycles. The molecule has 1 fully saturated rings. The summed E-state index contributed by atoms with van der Waals surface area (Å²) in [5.74, 6) is 0.348. The number of carbonyl (C=O) groups is 1. The Morgan fingerprint density at radius 2 is 2.00 bits per heavy atom. The van der Waals surface area contributed by atoms with Gasteiger partial charge in [0.2, 0.25) is 5.88 Å². The van der Waals surface area contributed by atoms with Gasteiger partial charge in [0.05, 0.1) is 30.0 Å². The minimum absolute atomic E-state index is 0.0842. The zero-order chi connectivity index (χ0) is 16.4. The molecule has 1 atom stereocenters. The average molecular weight is 321 g/mol. The molecule has 2 aromatic heterocycles. The fourth-order valence-corrected chi connectivity index (χ4v) is 2.75. The number of nitrogens with zero attached hydrogens (tertiary/aromatic N) is 5. The van der Waals surface area contributed by atoms with Crippen molar-refractivity contribution in [1.29, 1.82) is 0 Å². The third kappa shape index (κ3) is 2.88. The normalized spacial score (nSPS) is 17.2. The van der Waals surface area contributed by atoms with Crippen LogP contribution in [0.2, 0.25) is 0 Å². The highest BCUT2D eigenvalue weighted by Crippen LogP contribution is 2.18. The van der Waals surface area contributed by atoms with Crippen LogP contribution in [0.25, 0.3) is 11.0 Å². The second-order valence-corrected chi connectivity index (χ2v) is 5.57. The second kappa shape index (κ2) is 6.19. The standard InChI is InChI=1S/C17H15N5O2/c23-17(15-9-20-13-3-1-2-4-14(13)21-15)22-8-5-12(11-22)24-16-10-18-6-7-19-16/h1-4,6-7,9-10,12H,5,8,11H2. The van der Waals surface area contributed by atoms with Crippen LogP contribution < -0.4 is 4.74 Å². The molecule has 120 valence electrons. The minimum Gasteiger partial charge on any atom is -0.471 e. The van der Waals surface area contributed by atoms with Gasteiger partial charge in [-0.05, 0) is 12.1 Å². The van der Waals surface area contributed by atoms with Crippen molar-refractivity contribution >= 4 is 16.9 Å². The van der Waals surface area contributed by atoms with E-state index in [9.17, 15) is 4.79 Å². The SMILES string of the molecule is O=C(c1cnc2ccccc2n1)N1CCC(Oc2cnccn2)C1. The first-order chi connectivity index (χ1) is 11.8. The van der Waals surface area contributed by atoms with Crippen LogP contribution >= 0.6 is 0 Å². The summed E-state index contributed by atoms with van der Waals surface area (Å²) in [5, 5.41) is 0. The second-order valence-electron chi connectivity index (χ2n) is 5.57. The van der Waals surface area contributed by atoms with Crippen molar-refractivity contribution in [1.82, 2.24) is 24.8 Å². The van der Waals surface area contributed by atoms with Crippen LogP contribution in [-0.2, 0) is 0 Å². The van der Waals surface area contributed by atoms with Crippen LogP contribution in [0.5, 0.6) is 5.88 Å². The summed E-state index contributed by atoms with van der Waals surface area (Å²) in [7, 11) is 0. The number of amides is 1. The Labute approximate surface area is 138 Å². The first-order valence-corrected chi connectivity index (χ1v) is 7.73. The molecule has 7 nitrogen and oxygen atoms in total. The molecule has 0 radical (unpaired) electrons. The van der Waals surface area contributed by atoms with Gasteiger partial charge in [0.15, 0.2) is 0 Å². The van der Waals surface area contributed by atoms with Crippen LogP contribution in [0, 0.1) is 0 Å². The Morgan fingerprint density at radius 1 is 1.12 bits per heavy atom. The predicted octanol–water partition coefficient (Wildman–Crippen LogP) is 1.71. The van der Waals surface area contributed by atoms with E-state index >= 15 is 0 Å². The smallest absolute Gasteiger partial charge is 0.274 e. The highest BCUT2D eigenvalue weighted by molar-refractivity contribution is 5.94. The number of ether oxygens (including phenoxy) is 1. The number of aromatic nitrogens is 4. The molecular weight excluding hydrogens is 306 g/mol. The van der Waals surface area contributed by atoms with E-state index in [-0.39, 0.29) is 12.0 Å². The van der Waals surface area contributed by atoms with Gasteiger partial charge in [-0.3, -0.25) is 14.8 Å². The van der Waals surface area contributed by atoms with Gasteiger partial charge in [-0.15, -0.1) is 0 Å². The Balaban J connectivity index is 1.46. The lowest BCUT2D eigenvalue weighted by Crippen LogP contribution is -2.31. The molecule has 1 saturated heterocycles. The molecule has 3 aromatic rings. The summed E-state index contributed by atoms with van der Waals surface area (Å²) < 4.78 is 5.76. The fraction of sp³-hybridized carbons (Fsp3) is 0.235. The number of rotatable bonds is 3. The largest absolute Gasteiger partial charge is 0.471 e. The molecular formula is C17H15N5O2. The maximum Gasteiger partial charge on any atom is 0.274 e. The highest BCUT2D eigenvalue weighted by Gasteiger charge is 2.29. The third-order valence-electron chi connectivity index (χ3n) is 3.93. The van der Waals surface area contributed by atoms with Crippen LogP contribution in [-0.4, -0.2) is 49.9 Å². The molecule has 0 aliphatic carbocycles. The summed E-state index contributed by atoms with van der Waals surface area (Å²) in [4.78, 5) is 31.1. The van der Waals surface area contributed by atoms with E-state index in [4.69, 9.17) is 4.74 Å². The van der Waals surface area contributed by atoms with E-state index in [2.05, 4.69) is 19.9 Å². The van der Waals surface area contributed by atoms with Crippen LogP contribution in [0.1, 0.15) is 16.9 Å². The number of benzene rings is 1. The van der Waals surface area contributed by atoms with Crippen LogP contribution in [0.4, 0.5) is 0 Å². The van der Waals surface area contributed by atoms with E-state index in [1.807, 2.05) is 24.3 Å². The van der Waals surface area contributed by atoms with Crippen molar-refractivity contribution in [2.75, 3.05) is 13.1 Å². The summed E-state index contributed by atoms with van der Waals surface area (Å²) in [6, 6.07) is 7.50. The average Bonchev–Trinajstić information content (AvgIpc) is 3.10. The van der Waals surface area contributed by atoms with E-state index < -0.39 is 0 Å². The molecule has 1 aromatic carbocycles. The molecule has 0 N–H and O–H groups in total. The zero-order valence-corrected chi connectivity index (χ0v) is 12.9. The quantitative estimate of drug-likeness (QED) is 0.730. The Bertz CT molecular complexity index is 871. The van der Waals surface area contributed by atoms with Crippen LogP contribution in [0.3, 0.4) is 0 Å². The number of para-hydroxylation sites is 2. The van der Waals surface area contributed by atoms with Gasteiger partial charge in [-0.25, -0.2) is 9.97 Å². The number of likely N-dealkylation sites (tertiary alicyclic amines) is 1. The molecule has 24 heavy (non-hydrogen) atoms. The Kier molecular flexibility index (Phi) is 3.74. The van der Waals surface area contributed by atoms with E-state index in [0.29, 0.717) is 24.7 Å². The van der Waals surface area contributed by atoms with Gasteiger partial charge >= 0.3 is 0 Å². The van der Waals surface area contributed by atoms with Crippen molar-refractivity contribution in [2.45, 2.75) is 12.5 Å². The molecule has 1 unspecified atom stereocenters. The molecule has 1 aliphatic rings. The summed E-state index contributed by atoms with van der Waals surface area (Å²) in [5.41, 5.74) is 1.85. The number of fused-ring (bicyclic) bond motifs is 1. The van der Waals surface area contributed by atoms with Gasteiger partial charge in [0.25, 0.3) is 5.91 Å². The summed E-state index contributed by atoms with van der Waals surface area (Å²) in [6.07, 6.45) is 6.94. The maximum atomic E-state index is 12.6. The number of carbonyl (C=O) groups excluding carboxylic acids is 1. The first-order valence-electron chi connectivity index (χ1n) is 7.73. The van der Waals surface area contributed by atoms with Crippen molar-refractivity contribution in [2.24, 2.45) is 0 Å². The van der Waals surface area contributed by atoms with Gasteiger partial charge in [0, 0.05) is 25.4 Å². The van der Waals surface area contributed by atoms with Crippen molar-refractivity contribution in [3.8, 4) is 5.88 Å². The molecule has 4 rings (SSSR count). The van der Waals surface area contributed by atoms with E-state index in [1.165, 1.54) is 6.20 Å². The first kappa shape index (κ1) is 14.5. The highest BCUT2D eigenvalue weighted by atomic mass is 16.5. The van der Waals surface area contributed by atoms with E-state index in [1.54, 1.807) is 23.5 Å². The molecule has 7 heteroatoms. The fourth-order valence-electron chi connectivity index (χ4n) is 2.75. The lowest BCUT2D eigenvalue weighted by atomic mass is 10.3. The van der Waals surface area contributed by atoms with E-state index in [0.717, 1.165) is 17.5 Å². The molecule has 1 amide bonds. The zero-order valence-electron chi connectivity index (χ0n) is 12.9. The van der Waals surface area contributed by atoms with Crippen molar-refractivity contribution in [3.05, 3.63) is 54.7 Å². The lowest BCUT2D eigenvalue weighted by Gasteiger charge is -2.16. The molecule has 3 heterocycles. The summed E-state index contributed by atoms with van der Waals surface area (Å²) in [6.45, 7) is 1.13. The number of hydrogen-bond acceptors (Lipinski definition) is 6. The summed E-state index contributed by atoms with van der Waals surface area (Å²) >= 11 is 0. The maximum absolute atomic E-state index is 12.6. The Hall–Kier alpha value is -3.09. The topological polar surface area (TPSA) is 81.1 Å².